The van der Waals surface area contributed by atoms with Crippen LogP contribution in [-0.2, 0) is 4.79 Å². The van der Waals surface area contributed by atoms with Crippen molar-refractivity contribution in [3.63, 3.8) is 0 Å². The second-order valence-electron chi connectivity index (χ2n) is 4.71. The van der Waals surface area contributed by atoms with Crippen LogP contribution in [0.25, 0.3) is 0 Å². The maximum Gasteiger partial charge on any atom is 0.239 e. The van der Waals surface area contributed by atoms with Crippen LogP contribution < -0.4 is 11.1 Å². The van der Waals surface area contributed by atoms with Gasteiger partial charge >= 0.3 is 0 Å². The molecule has 0 radical (unpaired) electrons. The van der Waals surface area contributed by atoms with Crippen LogP contribution in [0.2, 0.25) is 0 Å². The van der Waals surface area contributed by atoms with Crippen LogP contribution in [0.4, 0.5) is 8.78 Å². The van der Waals surface area contributed by atoms with E-state index in [1.165, 1.54) is 36.5 Å². The van der Waals surface area contributed by atoms with Crippen molar-refractivity contribution in [1.29, 1.82) is 0 Å². The summed E-state index contributed by atoms with van der Waals surface area (Å²) < 4.78 is 26.1. The van der Waals surface area contributed by atoms with Gasteiger partial charge in [0.15, 0.2) is 0 Å². The van der Waals surface area contributed by atoms with E-state index < -0.39 is 23.6 Å². The van der Waals surface area contributed by atoms with E-state index in [4.69, 9.17) is 5.73 Å². The Kier molecular flexibility index (Phi) is 4.59. The molecule has 110 valence electrons. The van der Waals surface area contributed by atoms with Gasteiger partial charge in [0.25, 0.3) is 0 Å². The van der Waals surface area contributed by atoms with Gasteiger partial charge in [-0.1, -0.05) is 12.1 Å². The third-order valence-corrected chi connectivity index (χ3v) is 3.13. The van der Waals surface area contributed by atoms with Gasteiger partial charge in [0, 0.05) is 12.2 Å². The molecule has 0 bridgehead atoms. The Morgan fingerprint density at radius 2 is 1.81 bits per heavy atom. The average Bonchev–Trinajstić information content (AvgIpc) is 2.45. The molecule has 21 heavy (non-hydrogen) atoms. The van der Waals surface area contributed by atoms with Gasteiger partial charge in [-0.25, -0.2) is 8.78 Å². The molecule has 2 rings (SSSR count). The van der Waals surface area contributed by atoms with Gasteiger partial charge < -0.3 is 5.73 Å². The number of benzene rings is 1. The predicted molar refractivity (Wildman–Crippen MR) is 74.1 cm³/mol. The maximum absolute atomic E-state index is 13.2. The molecule has 1 amide bonds. The molecular formula is C15H15F2N3O. The molecule has 1 aromatic carbocycles. The summed E-state index contributed by atoms with van der Waals surface area (Å²) in [4.78, 5) is 15.4. The predicted octanol–water partition coefficient (Wildman–Crippen LogP) is 2.24. The minimum absolute atomic E-state index is 0.351. The molecule has 4 nitrogen and oxygen atoms in total. The number of pyridine rings is 1. The summed E-state index contributed by atoms with van der Waals surface area (Å²) in [5.74, 6) is -1.46. The van der Waals surface area contributed by atoms with Gasteiger partial charge in [-0.05, 0) is 36.2 Å². The van der Waals surface area contributed by atoms with E-state index in [-0.39, 0.29) is 6.04 Å². The van der Waals surface area contributed by atoms with E-state index in [0.29, 0.717) is 11.1 Å². The first kappa shape index (κ1) is 15.1. The van der Waals surface area contributed by atoms with Crippen LogP contribution in [-0.4, -0.2) is 10.9 Å². The summed E-state index contributed by atoms with van der Waals surface area (Å²) >= 11 is 0. The highest BCUT2D eigenvalue weighted by atomic mass is 19.1. The maximum atomic E-state index is 13.2. The Bertz CT molecular complexity index is 631. The lowest BCUT2D eigenvalue weighted by Crippen LogP contribution is -2.35. The van der Waals surface area contributed by atoms with Gasteiger partial charge in [0.1, 0.15) is 17.7 Å². The largest absolute Gasteiger partial charge is 0.368 e. The van der Waals surface area contributed by atoms with Gasteiger partial charge in [0.2, 0.25) is 5.91 Å². The number of rotatable bonds is 5. The normalized spacial score (nSPS) is 13.7. The van der Waals surface area contributed by atoms with E-state index >= 15 is 0 Å². The quantitative estimate of drug-likeness (QED) is 0.887. The number of aromatic nitrogens is 1. The third kappa shape index (κ3) is 3.82. The first-order valence-electron chi connectivity index (χ1n) is 6.38. The van der Waals surface area contributed by atoms with E-state index in [0.717, 1.165) is 6.20 Å². The van der Waals surface area contributed by atoms with Crippen molar-refractivity contribution in [1.82, 2.24) is 10.3 Å². The number of primary amides is 1. The van der Waals surface area contributed by atoms with Crippen molar-refractivity contribution in [3.05, 3.63) is 65.5 Å². The molecule has 0 aliphatic heterocycles. The molecule has 0 spiro atoms. The summed E-state index contributed by atoms with van der Waals surface area (Å²) in [6.07, 6.45) is 2.60. The highest BCUT2D eigenvalue weighted by molar-refractivity contribution is 5.81. The van der Waals surface area contributed by atoms with Gasteiger partial charge in [-0.3, -0.25) is 15.1 Å². The fraction of sp³-hybridized carbons (Fsp3) is 0.200. The Balaban J connectivity index is 2.20. The monoisotopic (exact) mass is 291 g/mol. The molecule has 6 heteroatoms. The van der Waals surface area contributed by atoms with E-state index in [9.17, 15) is 13.6 Å². The van der Waals surface area contributed by atoms with Gasteiger partial charge in [-0.2, -0.15) is 0 Å². The van der Waals surface area contributed by atoms with E-state index in [1.807, 2.05) is 0 Å². The fourth-order valence-electron chi connectivity index (χ4n) is 2.01. The van der Waals surface area contributed by atoms with E-state index in [1.54, 1.807) is 6.92 Å². The molecule has 2 atom stereocenters. The average molecular weight is 291 g/mol. The molecule has 0 saturated heterocycles. The third-order valence-electron chi connectivity index (χ3n) is 3.13. The van der Waals surface area contributed by atoms with Crippen molar-refractivity contribution >= 4 is 5.91 Å². The summed E-state index contributed by atoms with van der Waals surface area (Å²) in [6, 6.07) is 5.64. The van der Waals surface area contributed by atoms with Crippen LogP contribution in [0.3, 0.4) is 0 Å². The van der Waals surface area contributed by atoms with Crippen LogP contribution in [0, 0.1) is 11.6 Å². The zero-order valence-corrected chi connectivity index (χ0v) is 11.4. The summed E-state index contributed by atoms with van der Waals surface area (Å²) in [7, 11) is 0. The van der Waals surface area contributed by atoms with Crippen LogP contribution in [0.15, 0.2) is 42.7 Å². The van der Waals surface area contributed by atoms with Crippen LogP contribution in [0.1, 0.15) is 30.1 Å². The highest BCUT2D eigenvalue weighted by Crippen LogP contribution is 2.20. The Hall–Kier alpha value is -2.34. The number of amides is 1. The number of carbonyl (C=O) groups excluding carboxylic acids is 1. The molecule has 0 aliphatic rings. The second kappa shape index (κ2) is 6.41. The standard InChI is InChI=1S/C15H15F2N3O/c1-9(11-6-13(17)8-19-7-11)20-14(15(18)21)10-2-4-12(16)5-3-10/h2-9,14,20H,1H3,(H2,18,21)/t9-,14+/m0/s1. The SMILES string of the molecule is C[C@H](N[C@@H](C(N)=O)c1ccc(F)cc1)c1cncc(F)c1. The fourth-order valence-corrected chi connectivity index (χ4v) is 2.01. The zero-order valence-electron chi connectivity index (χ0n) is 11.4. The summed E-state index contributed by atoms with van der Waals surface area (Å²) in [6.45, 7) is 1.76. The Morgan fingerprint density at radius 3 is 2.38 bits per heavy atom. The number of nitrogens with two attached hydrogens (primary N) is 1. The minimum atomic E-state index is -0.802. The Morgan fingerprint density at radius 1 is 1.14 bits per heavy atom. The smallest absolute Gasteiger partial charge is 0.239 e. The second-order valence-corrected chi connectivity index (χ2v) is 4.71. The lowest BCUT2D eigenvalue weighted by atomic mass is 10.0. The van der Waals surface area contributed by atoms with Crippen LogP contribution in [0.5, 0.6) is 0 Å². The zero-order chi connectivity index (χ0) is 15.4. The van der Waals surface area contributed by atoms with Crippen molar-refractivity contribution < 1.29 is 13.6 Å². The number of halogens is 2. The molecule has 3 N–H and O–H groups in total. The van der Waals surface area contributed by atoms with Crippen molar-refractivity contribution in [2.45, 2.75) is 19.0 Å². The molecule has 0 aliphatic carbocycles. The molecule has 0 fully saturated rings. The summed E-state index contributed by atoms with van der Waals surface area (Å²) in [5.41, 5.74) is 6.51. The topological polar surface area (TPSA) is 68.0 Å². The number of nitrogens with zero attached hydrogens (tertiary/aromatic N) is 1. The molecular weight excluding hydrogens is 276 g/mol. The summed E-state index contributed by atoms with van der Waals surface area (Å²) in [5, 5.41) is 2.99. The lowest BCUT2D eigenvalue weighted by Gasteiger charge is -2.21. The number of nitrogens with one attached hydrogen (secondary N) is 1. The van der Waals surface area contributed by atoms with Crippen LogP contribution >= 0.6 is 0 Å². The van der Waals surface area contributed by atoms with Crippen molar-refractivity contribution in [2.75, 3.05) is 0 Å². The minimum Gasteiger partial charge on any atom is -0.368 e. The Labute approximate surface area is 121 Å². The first-order chi connectivity index (χ1) is 9.97. The molecule has 0 unspecified atom stereocenters. The number of hydrogen-bond donors (Lipinski definition) is 2. The van der Waals surface area contributed by atoms with Gasteiger partial charge in [0.05, 0.1) is 6.20 Å². The van der Waals surface area contributed by atoms with Crippen molar-refractivity contribution in [2.24, 2.45) is 5.73 Å². The van der Waals surface area contributed by atoms with Crippen molar-refractivity contribution in [3.8, 4) is 0 Å². The highest BCUT2D eigenvalue weighted by Gasteiger charge is 2.21. The first-order valence-corrected chi connectivity index (χ1v) is 6.38. The number of carbonyl (C=O) groups is 1. The van der Waals surface area contributed by atoms with E-state index in [2.05, 4.69) is 10.3 Å². The van der Waals surface area contributed by atoms with Gasteiger partial charge in [-0.15, -0.1) is 0 Å². The molecule has 1 aromatic heterocycles. The molecule has 0 saturated carbocycles. The molecule has 1 heterocycles. The lowest BCUT2D eigenvalue weighted by molar-refractivity contribution is -0.120. The molecule has 2 aromatic rings. The number of hydrogen-bond acceptors (Lipinski definition) is 3.